The molecular weight excluding hydrogens is 314 g/mol. The van der Waals surface area contributed by atoms with E-state index >= 15 is 0 Å². The molecule has 3 aromatic rings. The standard InChI is InChI=1S/C18H18ClNO3/c1-4-11(2)22-17-9-14-15(10-16(17)21-3)20-23-18(14)12-5-7-13(19)8-6-12/h5-11H,4H2,1-3H3. The Hall–Kier alpha value is -2.20. The minimum absolute atomic E-state index is 0.0974. The molecule has 0 spiro atoms. The van der Waals surface area contributed by atoms with Gasteiger partial charge in [0.1, 0.15) is 5.52 Å². The molecule has 1 atom stereocenters. The largest absolute Gasteiger partial charge is 0.493 e. The molecular formula is C18H18ClNO3. The third-order valence-corrected chi connectivity index (χ3v) is 4.02. The summed E-state index contributed by atoms with van der Waals surface area (Å²) in [6, 6.07) is 11.2. The van der Waals surface area contributed by atoms with Gasteiger partial charge in [-0.2, -0.15) is 0 Å². The van der Waals surface area contributed by atoms with Crippen LogP contribution in [0.1, 0.15) is 20.3 Å². The van der Waals surface area contributed by atoms with E-state index in [1.54, 1.807) is 7.11 Å². The van der Waals surface area contributed by atoms with E-state index in [0.717, 1.165) is 22.9 Å². The fourth-order valence-electron chi connectivity index (χ4n) is 2.31. The summed E-state index contributed by atoms with van der Waals surface area (Å²) in [5.41, 5.74) is 1.64. The van der Waals surface area contributed by atoms with Crippen molar-refractivity contribution in [2.45, 2.75) is 26.4 Å². The summed E-state index contributed by atoms with van der Waals surface area (Å²) in [5.74, 6) is 2.02. The number of rotatable bonds is 5. The smallest absolute Gasteiger partial charge is 0.174 e. The third-order valence-electron chi connectivity index (χ3n) is 3.77. The van der Waals surface area contributed by atoms with Crippen LogP contribution in [0, 0.1) is 0 Å². The first-order chi connectivity index (χ1) is 11.1. The van der Waals surface area contributed by atoms with Crippen molar-refractivity contribution in [1.82, 2.24) is 5.16 Å². The van der Waals surface area contributed by atoms with E-state index < -0.39 is 0 Å². The summed E-state index contributed by atoms with van der Waals surface area (Å²) in [7, 11) is 1.62. The molecule has 0 radical (unpaired) electrons. The first-order valence-corrected chi connectivity index (χ1v) is 7.90. The van der Waals surface area contributed by atoms with Gasteiger partial charge in [0.2, 0.25) is 0 Å². The number of fused-ring (bicyclic) bond motifs is 1. The molecule has 1 unspecified atom stereocenters. The van der Waals surface area contributed by atoms with E-state index in [2.05, 4.69) is 12.1 Å². The Morgan fingerprint density at radius 3 is 2.57 bits per heavy atom. The van der Waals surface area contributed by atoms with Crippen LogP contribution in [0.4, 0.5) is 0 Å². The fourth-order valence-corrected chi connectivity index (χ4v) is 2.44. The minimum atomic E-state index is 0.0974. The highest BCUT2D eigenvalue weighted by Gasteiger charge is 2.16. The molecule has 0 N–H and O–H groups in total. The average Bonchev–Trinajstić information content (AvgIpc) is 2.97. The molecule has 2 aromatic carbocycles. The monoisotopic (exact) mass is 331 g/mol. The third kappa shape index (κ3) is 3.13. The lowest BCUT2D eigenvalue weighted by Gasteiger charge is -2.15. The van der Waals surface area contributed by atoms with Crippen LogP contribution in [-0.2, 0) is 0 Å². The molecule has 23 heavy (non-hydrogen) atoms. The van der Waals surface area contributed by atoms with E-state index in [0.29, 0.717) is 22.3 Å². The van der Waals surface area contributed by atoms with Crippen molar-refractivity contribution in [2.24, 2.45) is 0 Å². The highest BCUT2D eigenvalue weighted by Crippen LogP contribution is 2.37. The second-order valence-corrected chi connectivity index (χ2v) is 5.81. The van der Waals surface area contributed by atoms with Gasteiger partial charge in [-0.05, 0) is 43.7 Å². The maximum atomic E-state index is 5.96. The predicted molar refractivity (Wildman–Crippen MR) is 91.4 cm³/mol. The summed E-state index contributed by atoms with van der Waals surface area (Å²) >= 11 is 5.95. The van der Waals surface area contributed by atoms with E-state index in [1.165, 1.54) is 0 Å². The molecule has 0 fully saturated rings. The van der Waals surface area contributed by atoms with Gasteiger partial charge in [0.25, 0.3) is 0 Å². The van der Waals surface area contributed by atoms with E-state index in [4.69, 9.17) is 25.6 Å². The van der Waals surface area contributed by atoms with Crippen molar-refractivity contribution in [3.63, 3.8) is 0 Å². The normalized spacial score (nSPS) is 12.3. The van der Waals surface area contributed by atoms with Gasteiger partial charge in [-0.3, -0.25) is 0 Å². The zero-order valence-corrected chi connectivity index (χ0v) is 14.1. The van der Waals surface area contributed by atoms with Crippen LogP contribution in [0.15, 0.2) is 40.9 Å². The Morgan fingerprint density at radius 2 is 1.91 bits per heavy atom. The quantitative estimate of drug-likeness (QED) is 0.633. The van der Waals surface area contributed by atoms with Crippen molar-refractivity contribution in [3.05, 3.63) is 41.4 Å². The first kappa shape index (κ1) is 15.7. The van der Waals surface area contributed by atoms with Gasteiger partial charge in [0, 0.05) is 16.7 Å². The van der Waals surface area contributed by atoms with E-state index in [1.807, 2.05) is 43.3 Å². The second kappa shape index (κ2) is 6.50. The minimum Gasteiger partial charge on any atom is -0.493 e. The van der Waals surface area contributed by atoms with E-state index in [-0.39, 0.29) is 6.10 Å². The lowest BCUT2D eigenvalue weighted by Crippen LogP contribution is -2.10. The molecule has 120 valence electrons. The van der Waals surface area contributed by atoms with Crippen LogP contribution in [-0.4, -0.2) is 18.4 Å². The Balaban J connectivity index is 2.10. The van der Waals surface area contributed by atoms with Crippen molar-refractivity contribution in [3.8, 4) is 22.8 Å². The van der Waals surface area contributed by atoms with Crippen LogP contribution in [0.3, 0.4) is 0 Å². The van der Waals surface area contributed by atoms with Gasteiger partial charge in [0.05, 0.1) is 18.6 Å². The van der Waals surface area contributed by atoms with E-state index in [9.17, 15) is 0 Å². The van der Waals surface area contributed by atoms with Crippen LogP contribution >= 0.6 is 11.6 Å². The molecule has 5 heteroatoms. The average molecular weight is 332 g/mol. The number of methoxy groups -OCH3 is 1. The highest BCUT2D eigenvalue weighted by molar-refractivity contribution is 6.30. The van der Waals surface area contributed by atoms with Gasteiger partial charge in [-0.1, -0.05) is 23.7 Å². The van der Waals surface area contributed by atoms with Crippen molar-refractivity contribution >= 4 is 22.5 Å². The lowest BCUT2D eigenvalue weighted by atomic mass is 10.1. The van der Waals surface area contributed by atoms with Crippen molar-refractivity contribution in [2.75, 3.05) is 7.11 Å². The zero-order valence-electron chi connectivity index (χ0n) is 13.3. The van der Waals surface area contributed by atoms with Gasteiger partial charge < -0.3 is 14.0 Å². The molecule has 0 amide bonds. The SMILES string of the molecule is CCC(C)Oc1cc2c(-c3ccc(Cl)cc3)onc2cc1OC. The van der Waals surface area contributed by atoms with Gasteiger partial charge >= 0.3 is 0 Å². The molecule has 0 saturated heterocycles. The Kier molecular flexibility index (Phi) is 4.44. The van der Waals surface area contributed by atoms with Gasteiger partial charge in [0.15, 0.2) is 17.3 Å². The molecule has 0 aliphatic heterocycles. The topological polar surface area (TPSA) is 44.5 Å². The Labute approximate surface area is 139 Å². The van der Waals surface area contributed by atoms with Crippen molar-refractivity contribution < 1.29 is 14.0 Å². The summed E-state index contributed by atoms with van der Waals surface area (Å²) < 4.78 is 16.9. The predicted octanol–water partition coefficient (Wildman–Crippen LogP) is 5.33. The Bertz CT molecular complexity index is 811. The number of nitrogens with zero attached hydrogens (tertiary/aromatic N) is 1. The number of hydrogen-bond acceptors (Lipinski definition) is 4. The molecule has 0 saturated carbocycles. The number of aromatic nitrogens is 1. The highest BCUT2D eigenvalue weighted by atomic mass is 35.5. The van der Waals surface area contributed by atoms with Gasteiger partial charge in [-0.25, -0.2) is 0 Å². The first-order valence-electron chi connectivity index (χ1n) is 7.52. The number of benzene rings is 2. The van der Waals surface area contributed by atoms with Gasteiger partial charge in [-0.15, -0.1) is 0 Å². The summed E-state index contributed by atoms with van der Waals surface area (Å²) in [4.78, 5) is 0. The lowest BCUT2D eigenvalue weighted by molar-refractivity contribution is 0.208. The van der Waals surface area contributed by atoms with Crippen LogP contribution in [0.5, 0.6) is 11.5 Å². The zero-order chi connectivity index (χ0) is 16.4. The molecule has 0 aliphatic rings. The molecule has 0 bridgehead atoms. The molecule has 1 aromatic heterocycles. The number of halogens is 1. The fraction of sp³-hybridized carbons (Fsp3) is 0.278. The van der Waals surface area contributed by atoms with Crippen LogP contribution in [0.25, 0.3) is 22.2 Å². The number of hydrogen-bond donors (Lipinski definition) is 0. The van der Waals surface area contributed by atoms with Crippen molar-refractivity contribution in [1.29, 1.82) is 0 Å². The summed E-state index contributed by atoms with van der Waals surface area (Å²) in [5, 5.41) is 5.68. The summed E-state index contributed by atoms with van der Waals surface area (Å²) in [6.45, 7) is 4.10. The second-order valence-electron chi connectivity index (χ2n) is 5.38. The van der Waals surface area contributed by atoms with Crippen LogP contribution < -0.4 is 9.47 Å². The number of ether oxygens (including phenoxy) is 2. The molecule has 4 nitrogen and oxygen atoms in total. The Morgan fingerprint density at radius 1 is 1.17 bits per heavy atom. The molecule has 0 aliphatic carbocycles. The summed E-state index contributed by atoms with van der Waals surface area (Å²) in [6.07, 6.45) is 1.01. The maximum Gasteiger partial charge on any atom is 0.174 e. The molecule has 1 heterocycles. The maximum absolute atomic E-state index is 5.96. The van der Waals surface area contributed by atoms with Crippen LogP contribution in [0.2, 0.25) is 5.02 Å². The molecule has 3 rings (SSSR count).